The zero-order valence-corrected chi connectivity index (χ0v) is 26.6. The molecule has 0 radical (unpaired) electrons. The van der Waals surface area contributed by atoms with Gasteiger partial charge in [-0.1, -0.05) is 77.6 Å². The molecule has 0 aromatic heterocycles. The van der Waals surface area contributed by atoms with Crippen molar-refractivity contribution in [1.82, 2.24) is 0 Å². The fourth-order valence-corrected chi connectivity index (χ4v) is 6.60. The van der Waals surface area contributed by atoms with Crippen LogP contribution < -0.4 is 0 Å². The van der Waals surface area contributed by atoms with Gasteiger partial charge in [0.2, 0.25) is 0 Å². The van der Waals surface area contributed by atoms with Crippen molar-refractivity contribution < 1.29 is 19.1 Å². The van der Waals surface area contributed by atoms with Crippen LogP contribution in [-0.4, -0.2) is 26.2 Å². The molecule has 0 heterocycles. The zero-order chi connectivity index (χ0) is 30.2. The van der Waals surface area contributed by atoms with E-state index in [1.165, 1.54) is 46.9 Å². The van der Waals surface area contributed by atoms with Crippen molar-refractivity contribution in [1.29, 1.82) is 0 Å². The summed E-state index contributed by atoms with van der Waals surface area (Å²) < 4.78 is 10.7. The second-order valence-corrected chi connectivity index (χ2v) is 11.6. The van der Waals surface area contributed by atoms with E-state index < -0.39 is 11.9 Å². The summed E-state index contributed by atoms with van der Waals surface area (Å²) in [6, 6.07) is 13.6. The maximum absolute atomic E-state index is 13.5. The van der Waals surface area contributed by atoms with Crippen molar-refractivity contribution >= 4 is 44.3 Å². The lowest BCUT2D eigenvalue weighted by atomic mass is 9.81. The van der Waals surface area contributed by atoms with E-state index in [0.29, 0.717) is 24.0 Å². The summed E-state index contributed by atoms with van der Waals surface area (Å²) in [5, 5.41) is 7.38. The minimum atomic E-state index is -0.463. The van der Waals surface area contributed by atoms with Crippen molar-refractivity contribution in [3.63, 3.8) is 0 Å². The molecule has 0 amide bonds. The number of carbonyl (C=O) groups is 2. The highest BCUT2D eigenvalue weighted by Gasteiger charge is 2.29. The zero-order valence-electron chi connectivity index (χ0n) is 26.6. The summed E-state index contributed by atoms with van der Waals surface area (Å²) in [5.41, 5.74) is 5.36. The summed E-state index contributed by atoms with van der Waals surface area (Å²) in [4.78, 5) is 27.0. The number of unbranched alkanes of at least 4 members (excludes halogenated alkanes) is 4. The smallest absolute Gasteiger partial charge is 0.339 e. The monoisotopic (exact) mass is 568 g/mol. The molecule has 4 nitrogen and oxygen atoms in total. The van der Waals surface area contributed by atoms with Crippen molar-refractivity contribution in [2.75, 3.05) is 14.2 Å². The SMILES string of the molecule is CCCCc1c(C(=O)OC)c(C(=O)OC)c(CCCC)c2cc3c(CCCC)c4ccccc4c(CCCC)c3cc12. The Morgan fingerprint density at radius 3 is 1.12 bits per heavy atom. The second kappa shape index (κ2) is 14.7. The molecule has 0 saturated carbocycles. The van der Waals surface area contributed by atoms with Crippen LogP contribution in [-0.2, 0) is 35.2 Å². The first-order chi connectivity index (χ1) is 20.5. The molecule has 0 aliphatic heterocycles. The Balaban J connectivity index is 2.30. The molecule has 4 aromatic rings. The maximum atomic E-state index is 13.5. The lowest BCUT2D eigenvalue weighted by Gasteiger charge is -2.23. The number of ether oxygens (including phenoxy) is 2. The van der Waals surface area contributed by atoms with Gasteiger partial charge < -0.3 is 9.47 Å². The Bertz CT molecular complexity index is 1460. The van der Waals surface area contributed by atoms with Crippen LogP contribution in [0.15, 0.2) is 36.4 Å². The molecule has 0 aliphatic carbocycles. The van der Waals surface area contributed by atoms with Gasteiger partial charge in [-0.15, -0.1) is 0 Å². The van der Waals surface area contributed by atoms with Gasteiger partial charge in [0.15, 0.2) is 0 Å². The van der Waals surface area contributed by atoms with E-state index in [9.17, 15) is 9.59 Å². The van der Waals surface area contributed by atoms with Crippen LogP contribution in [0.2, 0.25) is 0 Å². The molecule has 0 fully saturated rings. The molecule has 4 heteroatoms. The number of methoxy groups -OCH3 is 2. The molecule has 42 heavy (non-hydrogen) atoms. The molecule has 0 N–H and O–H groups in total. The Kier molecular flexibility index (Phi) is 11.0. The van der Waals surface area contributed by atoms with E-state index in [0.717, 1.165) is 86.1 Å². The van der Waals surface area contributed by atoms with Gasteiger partial charge >= 0.3 is 11.9 Å². The van der Waals surface area contributed by atoms with Crippen molar-refractivity contribution in [2.24, 2.45) is 0 Å². The fourth-order valence-electron chi connectivity index (χ4n) is 6.60. The topological polar surface area (TPSA) is 52.6 Å². The molecule has 0 atom stereocenters. The molecule has 224 valence electrons. The van der Waals surface area contributed by atoms with Gasteiger partial charge in [-0.2, -0.15) is 0 Å². The van der Waals surface area contributed by atoms with Crippen LogP contribution in [0.25, 0.3) is 32.3 Å². The number of aryl methyl sites for hydroxylation is 4. The number of carbonyl (C=O) groups excluding carboxylic acids is 2. The van der Waals surface area contributed by atoms with E-state index in [-0.39, 0.29) is 0 Å². The highest BCUT2D eigenvalue weighted by molar-refractivity contribution is 6.16. The van der Waals surface area contributed by atoms with Crippen LogP contribution in [0, 0.1) is 0 Å². The minimum absolute atomic E-state index is 0.387. The molecular formula is C38H48O4. The number of hydrogen-bond acceptors (Lipinski definition) is 4. The van der Waals surface area contributed by atoms with E-state index in [1.807, 2.05) is 0 Å². The minimum Gasteiger partial charge on any atom is -0.465 e. The quantitative estimate of drug-likeness (QED) is 0.112. The van der Waals surface area contributed by atoms with Crippen LogP contribution in [0.4, 0.5) is 0 Å². The highest BCUT2D eigenvalue weighted by atomic mass is 16.5. The normalized spacial score (nSPS) is 11.5. The highest BCUT2D eigenvalue weighted by Crippen LogP contribution is 2.41. The fraction of sp³-hybridized carbons (Fsp3) is 0.474. The first kappa shape index (κ1) is 31.5. The molecule has 0 aliphatic rings. The van der Waals surface area contributed by atoms with E-state index in [2.05, 4.69) is 64.1 Å². The molecule has 4 aromatic carbocycles. The average molecular weight is 569 g/mol. The summed E-state index contributed by atoms with van der Waals surface area (Å²) in [6.07, 6.45) is 11.7. The van der Waals surface area contributed by atoms with Crippen LogP contribution in [0.5, 0.6) is 0 Å². The van der Waals surface area contributed by atoms with Gasteiger partial charge in [0.1, 0.15) is 0 Å². The lowest BCUT2D eigenvalue weighted by molar-refractivity contribution is 0.0553. The average Bonchev–Trinajstić information content (AvgIpc) is 3.02. The summed E-state index contributed by atoms with van der Waals surface area (Å²) in [7, 11) is 2.80. The van der Waals surface area contributed by atoms with Crippen molar-refractivity contribution in [3.8, 4) is 0 Å². The first-order valence-corrected chi connectivity index (χ1v) is 16.1. The predicted molar refractivity (Wildman–Crippen MR) is 176 cm³/mol. The molecule has 0 saturated heterocycles. The summed E-state index contributed by atoms with van der Waals surface area (Å²) in [5.74, 6) is -0.927. The second-order valence-electron chi connectivity index (χ2n) is 11.6. The third-order valence-corrected chi connectivity index (χ3v) is 8.79. The van der Waals surface area contributed by atoms with Crippen LogP contribution in [0.1, 0.15) is 122 Å². The number of rotatable bonds is 14. The van der Waals surface area contributed by atoms with Crippen molar-refractivity contribution in [3.05, 3.63) is 69.8 Å². The number of fused-ring (bicyclic) bond motifs is 3. The predicted octanol–water partition coefficient (Wildman–Crippen LogP) is 10.1. The summed E-state index contributed by atoms with van der Waals surface area (Å²) in [6.45, 7) is 8.80. The Morgan fingerprint density at radius 2 is 0.810 bits per heavy atom. The molecule has 0 spiro atoms. The third-order valence-electron chi connectivity index (χ3n) is 8.79. The Morgan fingerprint density at radius 1 is 0.500 bits per heavy atom. The standard InChI is InChI=1S/C38H48O4/c1-7-11-17-27-25-21-15-16-22-26(25)28(18-12-8-2)32-24-34-30(20-14-10-4)36(38(40)42-6)35(37(39)41-5)29(19-13-9-3)33(34)23-31(27)32/h15-16,21-24H,7-14,17-20H2,1-6H3. The van der Waals surface area contributed by atoms with E-state index in [4.69, 9.17) is 9.47 Å². The number of esters is 2. The van der Waals surface area contributed by atoms with Crippen LogP contribution in [0.3, 0.4) is 0 Å². The van der Waals surface area contributed by atoms with E-state index >= 15 is 0 Å². The Labute approximate surface area is 251 Å². The molecule has 0 unspecified atom stereocenters. The molecular weight excluding hydrogens is 520 g/mol. The molecule has 4 rings (SSSR count). The number of hydrogen-bond donors (Lipinski definition) is 0. The largest absolute Gasteiger partial charge is 0.465 e. The van der Waals surface area contributed by atoms with Gasteiger partial charge in [0.25, 0.3) is 0 Å². The Hall–Kier alpha value is -3.40. The first-order valence-electron chi connectivity index (χ1n) is 16.1. The van der Waals surface area contributed by atoms with Gasteiger partial charge in [-0.25, -0.2) is 9.59 Å². The van der Waals surface area contributed by atoms with E-state index in [1.54, 1.807) is 0 Å². The third kappa shape index (κ3) is 6.04. The van der Waals surface area contributed by atoms with Gasteiger partial charge in [0, 0.05) is 0 Å². The lowest BCUT2D eigenvalue weighted by Crippen LogP contribution is -2.18. The van der Waals surface area contributed by atoms with Gasteiger partial charge in [-0.3, -0.25) is 0 Å². The maximum Gasteiger partial charge on any atom is 0.339 e. The van der Waals surface area contributed by atoms with Gasteiger partial charge in [0.05, 0.1) is 25.3 Å². The van der Waals surface area contributed by atoms with Crippen molar-refractivity contribution in [2.45, 2.75) is 105 Å². The number of benzene rings is 4. The van der Waals surface area contributed by atoms with Gasteiger partial charge in [-0.05, 0) is 118 Å². The van der Waals surface area contributed by atoms with Crippen LogP contribution >= 0.6 is 0 Å². The molecule has 0 bridgehead atoms. The summed E-state index contributed by atoms with van der Waals surface area (Å²) >= 11 is 0.